The third kappa shape index (κ3) is 3.69. The van der Waals surface area contributed by atoms with Gasteiger partial charge in [-0.15, -0.1) is 6.58 Å². The Labute approximate surface area is 159 Å². The Hall–Kier alpha value is -2.79. The summed E-state index contributed by atoms with van der Waals surface area (Å²) >= 11 is 0. The molecule has 4 nitrogen and oxygen atoms in total. The number of phenolic OH excluding ortho intramolecular Hbond substituents is 2. The second-order valence-electron chi connectivity index (χ2n) is 6.60. The van der Waals surface area contributed by atoms with Crippen LogP contribution in [0.1, 0.15) is 17.5 Å². The highest BCUT2D eigenvalue weighted by atomic mass is 32.2. The van der Waals surface area contributed by atoms with E-state index in [1.807, 2.05) is 30.3 Å². The fraction of sp³-hybridized carbons (Fsp3) is 0.182. The van der Waals surface area contributed by atoms with Crippen LogP contribution in [0, 0.1) is 6.92 Å². The second kappa shape index (κ2) is 7.45. The molecule has 3 aromatic rings. The average molecular weight is 382 g/mol. The first kappa shape index (κ1) is 19.0. The summed E-state index contributed by atoms with van der Waals surface area (Å²) in [6, 6.07) is 15.7. The SMILES string of the molecule is C=CC(CCc1ccccc1)S(=O)(=O)c1ccc2c(O)c(C)c(O)cc2c1. The normalized spacial score (nSPS) is 12.8. The van der Waals surface area contributed by atoms with Crippen molar-refractivity contribution < 1.29 is 18.6 Å². The number of benzene rings is 3. The van der Waals surface area contributed by atoms with E-state index in [4.69, 9.17) is 0 Å². The molecule has 0 fully saturated rings. The molecule has 3 rings (SSSR count). The van der Waals surface area contributed by atoms with Crippen LogP contribution in [0.2, 0.25) is 0 Å². The largest absolute Gasteiger partial charge is 0.508 e. The number of sulfone groups is 1. The van der Waals surface area contributed by atoms with Gasteiger partial charge in [0.15, 0.2) is 9.84 Å². The van der Waals surface area contributed by atoms with E-state index in [1.165, 1.54) is 24.3 Å². The highest BCUT2D eigenvalue weighted by Crippen LogP contribution is 2.36. The molecule has 0 aliphatic heterocycles. The summed E-state index contributed by atoms with van der Waals surface area (Å²) in [5, 5.41) is 20.4. The third-order valence-corrected chi connectivity index (χ3v) is 7.00. The molecule has 5 heteroatoms. The lowest BCUT2D eigenvalue weighted by Crippen LogP contribution is -2.20. The van der Waals surface area contributed by atoms with Crippen molar-refractivity contribution in [3.63, 3.8) is 0 Å². The molecule has 0 aliphatic rings. The third-order valence-electron chi connectivity index (χ3n) is 4.86. The Morgan fingerprint density at radius 1 is 1.07 bits per heavy atom. The lowest BCUT2D eigenvalue weighted by molar-refractivity contribution is 0.448. The number of hydrogen-bond acceptors (Lipinski definition) is 4. The summed E-state index contributed by atoms with van der Waals surface area (Å²) < 4.78 is 26.1. The van der Waals surface area contributed by atoms with Crippen LogP contribution < -0.4 is 0 Å². The molecule has 1 unspecified atom stereocenters. The first-order valence-corrected chi connectivity index (χ1v) is 10.2. The molecule has 0 amide bonds. The van der Waals surface area contributed by atoms with Gasteiger partial charge < -0.3 is 10.2 Å². The molecule has 3 aromatic carbocycles. The van der Waals surface area contributed by atoms with Gasteiger partial charge in [0.25, 0.3) is 0 Å². The Bertz CT molecular complexity index is 1090. The number of phenols is 2. The smallest absolute Gasteiger partial charge is 0.184 e. The van der Waals surface area contributed by atoms with E-state index >= 15 is 0 Å². The van der Waals surface area contributed by atoms with Gasteiger partial charge in [-0.05, 0) is 55.0 Å². The number of aryl methyl sites for hydroxylation is 1. The fourth-order valence-corrected chi connectivity index (χ4v) is 4.74. The molecular weight excluding hydrogens is 360 g/mol. The van der Waals surface area contributed by atoms with Crippen LogP contribution in [-0.2, 0) is 16.3 Å². The first-order valence-electron chi connectivity index (χ1n) is 8.70. The van der Waals surface area contributed by atoms with Gasteiger partial charge in [-0.1, -0.05) is 36.4 Å². The predicted octanol–water partition coefficient (Wildman–Crippen LogP) is 4.52. The highest BCUT2D eigenvalue weighted by Gasteiger charge is 2.25. The molecule has 0 saturated heterocycles. The Morgan fingerprint density at radius 3 is 2.44 bits per heavy atom. The zero-order chi connectivity index (χ0) is 19.6. The van der Waals surface area contributed by atoms with Crippen molar-refractivity contribution in [1.29, 1.82) is 0 Å². The van der Waals surface area contributed by atoms with Crippen LogP contribution >= 0.6 is 0 Å². The number of fused-ring (bicyclic) bond motifs is 1. The van der Waals surface area contributed by atoms with Crippen LogP contribution in [0.25, 0.3) is 10.8 Å². The zero-order valence-corrected chi connectivity index (χ0v) is 15.9. The van der Waals surface area contributed by atoms with Gasteiger partial charge in [-0.2, -0.15) is 0 Å². The van der Waals surface area contributed by atoms with Crippen LogP contribution in [0.5, 0.6) is 11.5 Å². The minimum absolute atomic E-state index is 0.0432. The van der Waals surface area contributed by atoms with E-state index < -0.39 is 15.1 Å². The maximum atomic E-state index is 13.1. The molecule has 0 bridgehead atoms. The quantitative estimate of drug-likeness (QED) is 0.615. The molecule has 0 heterocycles. The molecule has 2 N–H and O–H groups in total. The van der Waals surface area contributed by atoms with E-state index in [-0.39, 0.29) is 16.4 Å². The van der Waals surface area contributed by atoms with Crippen LogP contribution in [0.15, 0.2) is 72.1 Å². The number of rotatable bonds is 6. The van der Waals surface area contributed by atoms with E-state index in [0.717, 1.165) is 5.56 Å². The van der Waals surface area contributed by atoms with Crippen LogP contribution in [0.3, 0.4) is 0 Å². The summed E-state index contributed by atoms with van der Waals surface area (Å²) in [6.45, 7) is 5.31. The van der Waals surface area contributed by atoms with E-state index in [9.17, 15) is 18.6 Å². The van der Waals surface area contributed by atoms with Crippen molar-refractivity contribution in [3.8, 4) is 11.5 Å². The maximum absolute atomic E-state index is 13.1. The molecule has 0 aromatic heterocycles. The van der Waals surface area contributed by atoms with Gasteiger partial charge in [0.2, 0.25) is 0 Å². The number of aromatic hydroxyl groups is 2. The van der Waals surface area contributed by atoms with E-state index in [2.05, 4.69) is 6.58 Å². The van der Waals surface area contributed by atoms with Crippen molar-refractivity contribution in [2.75, 3.05) is 0 Å². The minimum atomic E-state index is -3.63. The van der Waals surface area contributed by atoms with E-state index in [0.29, 0.717) is 29.2 Å². The van der Waals surface area contributed by atoms with Crippen molar-refractivity contribution in [2.45, 2.75) is 29.9 Å². The van der Waals surface area contributed by atoms with Gasteiger partial charge in [0.1, 0.15) is 11.5 Å². The summed E-state index contributed by atoms with van der Waals surface area (Å²) in [6.07, 6.45) is 2.52. The summed E-state index contributed by atoms with van der Waals surface area (Å²) in [7, 11) is -3.63. The minimum Gasteiger partial charge on any atom is -0.508 e. The standard InChI is InChI=1S/C22H22O4S/c1-3-18(10-9-16-7-5-4-6-8-16)27(25,26)19-11-12-20-17(13-19)14-21(23)15(2)22(20)24/h3-8,11-14,18,23-24H,1,9-10H2,2H3. The van der Waals surface area contributed by atoms with Gasteiger partial charge in [-0.25, -0.2) is 8.42 Å². The van der Waals surface area contributed by atoms with Crippen LogP contribution in [0.4, 0.5) is 0 Å². The van der Waals surface area contributed by atoms with Crippen molar-refractivity contribution in [1.82, 2.24) is 0 Å². The van der Waals surface area contributed by atoms with Gasteiger partial charge >= 0.3 is 0 Å². The lowest BCUT2D eigenvalue weighted by atomic mass is 10.1. The molecular formula is C22H22O4S. The fourth-order valence-electron chi connectivity index (χ4n) is 3.16. The molecule has 0 spiro atoms. The summed E-state index contributed by atoms with van der Waals surface area (Å²) in [5.74, 6) is -0.114. The lowest BCUT2D eigenvalue weighted by Gasteiger charge is -2.15. The molecule has 0 radical (unpaired) electrons. The summed E-state index contributed by atoms with van der Waals surface area (Å²) in [5.41, 5.74) is 1.44. The topological polar surface area (TPSA) is 74.6 Å². The summed E-state index contributed by atoms with van der Waals surface area (Å²) in [4.78, 5) is 0.149. The first-order chi connectivity index (χ1) is 12.8. The zero-order valence-electron chi connectivity index (χ0n) is 15.1. The molecule has 1 atom stereocenters. The monoisotopic (exact) mass is 382 g/mol. The van der Waals surface area contributed by atoms with Gasteiger partial charge in [-0.3, -0.25) is 0 Å². The Morgan fingerprint density at radius 2 is 1.78 bits per heavy atom. The van der Waals surface area contributed by atoms with Gasteiger partial charge in [0, 0.05) is 10.9 Å². The predicted molar refractivity (Wildman–Crippen MR) is 108 cm³/mol. The highest BCUT2D eigenvalue weighted by molar-refractivity contribution is 7.92. The van der Waals surface area contributed by atoms with Crippen molar-refractivity contribution in [3.05, 3.63) is 78.4 Å². The molecule has 0 aliphatic carbocycles. The van der Waals surface area contributed by atoms with Crippen LogP contribution in [-0.4, -0.2) is 23.9 Å². The van der Waals surface area contributed by atoms with Crippen molar-refractivity contribution in [2.24, 2.45) is 0 Å². The van der Waals surface area contributed by atoms with Gasteiger partial charge in [0.05, 0.1) is 10.1 Å². The van der Waals surface area contributed by atoms with E-state index in [1.54, 1.807) is 13.0 Å². The van der Waals surface area contributed by atoms with Crippen molar-refractivity contribution >= 4 is 20.6 Å². The second-order valence-corrected chi connectivity index (χ2v) is 8.76. The molecule has 27 heavy (non-hydrogen) atoms. The molecule has 0 saturated carbocycles. The average Bonchev–Trinajstić information content (AvgIpc) is 2.67. The number of hydrogen-bond donors (Lipinski definition) is 2. The Balaban J connectivity index is 1.94. The maximum Gasteiger partial charge on any atom is 0.184 e. The Kier molecular flexibility index (Phi) is 5.24. The molecule has 140 valence electrons.